The lowest BCUT2D eigenvalue weighted by atomic mass is 10.3. The SMILES string of the molecule is Cc1cc(CC(=O)Nc2nc3nccc(C4CC4)n3n2)on1. The fourth-order valence-electron chi connectivity index (χ4n) is 2.38. The van der Waals surface area contributed by atoms with Crippen molar-refractivity contribution in [1.29, 1.82) is 0 Å². The molecule has 0 aromatic carbocycles. The molecule has 8 heteroatoms. The fourth-order valence-corrected chi connectivity index (χ4v) is 2.38. The molecule has 3 aromatic heterocycles. The highest BCUT2D eigenvalue weighted by Gasteiger charge is 2.27. The Morgan fingerprint density at radius 3 is 3.09 bits per heavy atom. The molecule has 0 radical (unpaired) electrons. The molecule has 1 fully saturated rings. The van der Waals surface area contributed by atoms with Crippen LogP contribution in [-0.4, -0.2) is 30.6 Å². The van der Waals surface area contributed by atoms with E-state index in [0.717, 1.165) is 24.2 Å². The van der Waals surface area contributed by atoms with Crippen LogP contribution in [0.1, 0.15) is 35.9 Å². The average molecular weight is 298 g/mol. The van der Waals surface area contributed by atoms with E-state index in [-0.39, 0.29) is 18.3 Å². The van der Waals surface area contributed by atoms with E-state index in [4.69, 9.17) is 4.52 Å². The summed E-state index contributed by atoms with van der Waals surface area (Å²) in [4.78, 5) is 20.4. The minimum Gasteiger partial charge on any atom is -0.361 e. The summed E-state index contributed by atoms with van der Waals surface area (Å²) in [7, 11) is 0. The van der Waals surface area contributed by atoms with Crippen LogP contribution in [0, 0.1) is 6.92 Å². The fraction of sp³-hybridized carbons (Fsp3) is 0.357. The molecule has 8 nitrogen and oxygen atoms in total. The Morgan fingerprint density at radius 2 is 2.36 bits per heavy atom. The van der Waals surface area contributed by atoms with Crippen LogP contribution >= 0.6 is 0 Å². The molecule has 3 heterocycles. The second kappa shape index (κ2) is 4.90. The average Bonchev–Trinajstić information content (AvgIpc) is 3.12. The minimum absolute atomic E-state index is 0.0965. The lowest BCUT2D eigenvalue weighted by Gasteiger charge is -1.99. The van der Waals surface area contributed by atoms with Gasteiger partial charge in [0.15, 0.2) is 0 Å². The number of aryl methyl sites for hydroxylation is 1. The molecular weight excluding hydrogens is 284 g/mol. The quantitative estimate of drug-likeness (QED) is 0.783. The van der Waals surface area contributed by atoms with Gasteiger partial charge in [-0.25, -0.2) is 4.98 Å². The number of fused-ring (bicyclic) bond motifs is 1. The number of anilines is 1. The van der Waals surface area contributed by atoms with E-state index in [1.807, 2.05) is 6.07 Å². The van der Waals surface area contributed by atoms with Crippen LogP contribution < -0.4 is 5.32 Å². The van der Waals surface area contributed by atoms with Gasteiger partial charge in [0.25, 0.3) is 11.7 Å². The minimum atomic E-state index is -0.250. The molecule has 0 bridgehead atoms. The summed E-state index contributed by atoms with van der Waals surface area (Å²) < 4.78 is 6.72. The number of hydrogen-bond donors (Lipinski definition) is 1. The molecule has 1 N–H and O–H groups in total. The number of rotatable bonds is 4. The largest absolute Gasteiger partial charge is 0.361 e. The zero-order valence-corrected chi connectivity index (χ0v) is 12.0. The smallest absolute Gasteiger partial charge is 0.254 e. The van der Waals surface area contributed by atoms with E-state index in [1.54, 1.807) is 23.7 Å². The number of carbonyl (C=O) groups excluding carboxylic acids is 1. The van der Waals surface area contributed by atoms with E-state index < -0.39 is 0 Å². The van der Waals surface area contributed by atoms with Gasteiger partial charge >= 0.3 is 0 Å². The normalized spacial score (nSPS) is 14.4. The highest BCUT2D eigenvalue weighted by atomic mass is 16.5. The number of aromatic nitrogens is 5. The van der Waals surface area contributed by atoms with Gasteiger partial charge in [0.05, 0.1) is 17.8 Å². The molecular formula is C14H14N6O2. The van der Waals surface area contributed by atoms with E-state index in [9.17, 15) is 4.79 Å². The van der Waals surface area contributed by atoms with Crippen LogP contribution in [0.25, 0.3) is 5.78 Å². The highest BCUT2D eigenvalue weighted by molar-refractivity contribution is 5.90. The van der Waals surface area contributed by atoms with Crippen LogP contribution in [0.5, 0.6) is 0 Å². The van der Waals surface area contributed by atoms with Crippen molar-refractivity contribution in [3.05, 3.63) is 35.5 Å². The lowest BCUT2D eigenvalue weighted by molar-refractivity contribution is -0.115. The Labute approximate surface area is 125 Å². The van der Waals surface area contributed by atoms with Crippen molar-refractivity contribution in [2.45, 2.75) is 32.1 Å². The van der Waals surface area contributed by atoms with Crippen molar-refractivity contribution < 1.29 is 9.32 Å². The highest BCUT2D eigenvalue weighted by Crippen LogP contribution is 2.39. The molecule has 3 aromatic rings. The Morgan fingerprint density at radius 1 is 1.50 bits per heavy atom. The monoisotopic (exact) mass is 298 g/mol. The van der Waals surface area contributed by atoms with Crippen molar-refractivity contribution in [1.82, 2.24) is 24.7 Å². The Bertz CT molecular complexity index is 848. The van der Waals surface area contributed by atoms with Crippen LogP contribution in [0.3, 0.4) is 0 Å². The van der Waals surface area contributed by atoms with Crippen LogP contribution in [-0.2, 0) is 11.2 Å². The number of hydrogen-bond acceptors (Lipinski definition) is 6. The van der Waals surface area contributed by atoms with Crippen molar-refractivity contribution in [3.63, 3.8) is 0 Å². The lowest BCUT2D eigenvalue weighted by Crippen LogP contribution is -2.15. The first-order valence-electron chi connectivity index (χ1n) is 7.13. The van der Waals surface area contributed by atoms with Gasteiger partial charge in [-0.1, -0.05) is 5.16 Å². The number of amides is 1. The first-order chi connectivity index (χ1) is 10.7. The molecule has 0 unspecified atom stereocenters. The third kappa shape index (κ3) is 2.43. The van der Waals surface area contributed by atoms with Crippen molar-refractivity contribution in [3.8, 4) is 0 Å². The zero-order chi connectivity index (χ0) is 15.1. The van der Waals surface area contributed by atoms with Gasteiger partial charge in [-0.3, -0.25) is 10.1 Å². The molecule has 1 amide bonds. The second-order valence-corrected chi connectivity index (χ2v) is 5.45. The molecule has 4 rings (SSSR count). The van der Waals surface area contributed by atoms with Gasteiger partial charge in [0, 0.05) is 18.2 Å². The van der Waals surface area contributed by atoms with E-state index in [1.165, 1.54) is 0 Å². The van der Waals surface area contributed by atoms with Crippen LogP contribution in [0.2, 0.25) is 0 Å². The van der Waals surface area contributed by atoms with Crippen molar-refractivity contribution in [2.24, 2.45) is 0 Å². The number of carbonyl (C=O) groups is 1. The van der Waals surface area contributed by atoms with Crippen molar-refractivity contribution in [2.75, 3.05) is 5.32 Å². The zero-order valence-electron chi connectivity index (χ0n) is 12.0. The Balaban J connectivity index is 1.54. The van der Waals surface area contributed by atoms with Gasteiger partial charge < -0.3 is 4.52 Å². The summed E-state index contributed by atoms with van der Waals surface area (Å²) in [5.74, 6) is 1.53. The van der Waals surface area contributed by atoms with Crippen molar-refractivity contribution >= 4 is 17.6 Å². The molecule has 0 atom stereocenters. The van der Waals surface area contributed by atoms with Gasteiger partial charge in [-0.15, -0.1) is 5.10 Å². The van der Waals surface area contributed by atoms with E-state index >= 15 is 0 Å². The first-order valence-corrected chi connectivity index (χ1v) is 7.13. The maximum atomic E-state index is 12.0. The molecule has 0 spiro atoms. The molecule has 0 aliphatic heterocycles. The van der Waals surface area contributed by atoms with E-state index in [2.05, 4.69) is 25.5 Å². The topological polar surface area (TPSA) is 98.2 Å². The molecule has 1 aliphatic rings. The van der Waals surface area contributed by atoms with Crippen LogP contribution in [0.15, 0.2) is 22.9 Å². The second-order valence-electron chi connectivity index (χ2n) is 5.45. The van der Waals surface area contributed by atoms with Gasteiger partial charge in [-0.2, -0.15) is 9.50 Å². The third-order valence-electron chi connectivity index (χ3n) is 3.53. The Hall–Kier alpha value is -2.77. The first kappa shape index (κ1) is 12.9. The number of nitrogens with one attached hydrogen (secondary N) is 1. The summed E-state index contributed by atoms with van der Waals surface area (Å²) in [5, 5.41) is 10.7. The summed E-state index contributed by atoms with van der Waals surface area (Å²) in [6.07, 6.45) is 4.14. The third-order valence-corrected chi connectivity index (χ3v) is 3.53. The predicted molar refractivity (Wildman–Crippen MR) is 76.3 cm³/mol. The Kier molecular flexibility index (Phi) is 2.88. The summed E-state index contributed by atoms with van der Waals surface area (Å²) in [6, 6.07) is 3.67. The standard InChI is InChI=1S/C14H14N6O2/c1-8-6-10(22-19-8)7-12(21)16-13-17-14-15-5-4-11(9-2-3-9)20(14)18-13/h4-6,9H,2-3,7H2,1H3,(H,16,18,21). The van der Waals surface area contributed by atoms with E-state index in [0.29, 0.717) is 17.5 Å². The molecule has 22 heavy (non-hydrogen) atoms. The van der Waals surface area contributed by atoms with Gasteiger partial charge in [0.2, 0.25) is 5.91 Å². The van der Waals surface area contributed by atoms with Crippen LogP contribution in [0.4, 0.5) is 5.95 Å². The summed E-state index contributed by atoms with van der Waals surface area (Å²) in [5.41, 5.74) is 1.83. The summed E-state index contributed by atoms with van der Waals surface area (Å²) >= 11 is 0. The molecule has 1 saturated carbocycles. The maximum Gasteiger partial charge on any atom is 0.254 e. The number of nitrogens with zero attached hydrogens (tertiary/aromatic N) is 5. The van der Waals surface area contributed by atoms with Gasteiger partial charge in [-0.05, 0) is 25.8 Å². The molecule has 0 saturated heterocycles. The maximum absolute atomic E-state index is 12.0. The molecule has 1 aliphatic carbocycles. The predicted octanol–water partition coefficient (Wildman–Crippen LogP) is 1.48. The summed E-state index contributed by atoms with van der Waals surface area (Å²) in [6.45, 7) is 1.81. The van der Waals surface area contributed by atoms with Gasteiger partial charge in [0.1, 0.15) is 5.76 Å². The molecule has 112 valence electrons.